The molecule has 104 valence electrons. The lowest BCUT2D eigenvalue weighted by Gasteiger charge is -2.07. The maximum absolute atomic E-state index is 12.2. The van der Waals surface area contributed by atoms with Gasteiger partial charge in [-0.3, -0.25) is 14.9 Å². The van der Waals surface area contributed by atoms with Gasteiger partial charge in [-0.15, -0.1) is 0 Å². The smallest absolute Gasteiger partial charge is 0.285 e. The van der Waals surface area contributed by atoms with Crippen LogP contribution >= 0.6 is 0 Å². The molecule has 0 aliphatic rings. The van der Waals surface area contributed by atoms with Crippen molar-refractivity contribution in [2.45, 2.75) is 6.92 Å². The SMILES string of the molecule is Cc1cccc(C(=O)Nc2ccc(C#N)cc2)c1[N+](=O)[O-]. The van der Waals surface area contributed by atoms with Crippen LogP contribution in [-0.4, -0.2) is 10.8 Å². The molecule has 0 unspecified atom stereocenters. The molecular formula is C15H11N3O3. The lowest BCUT2D eigenvalue weighted by Crippen LogP contribution is -2.14. The average molecular weight is 281 g/mol. The van der Waals surface area contributed by atoms with E-state index in [0.29, 0.717) is 16.8 Å². The Morgan fingerprint density at radius 2 is 1.90 bits per heavy atom. The van der Waals surface area contributed by atoms with Gasteiger partial charge in [0.2, 0.25) is 0 Å². The highest BCUT2D eigenvalue weighted by molar-refractivity contribution is 6.07. The van der Waals surface area contributed by atoms with Crippen molar-refractivity contribution in [1.82, 2.24) is 0 Å². The Morgan fingerprint density at radius 1 is 1.24 bits per heavy atom. The molecule has 1 amide bonds. The fraction of sp³-hybridized carbons (Fsp3) is 0.0667. The minimum Gasteiger partial charge on any atom is -0.322 e. The van der Waals surface area contributed by atoms with Gasteiger partial charge in [0.25, 0.3) is 11.6 Å². The summed E-state index contributed by atoms with van der Waals surface area (Å²) in [6.45, 7) is 1.58. The number of rotatable bonds is 3. The number of aryl methyl sites for hydroxylation is 1. The molecule has 1 N–H and O–H groups in total. The predicted molar refractivity (Wildman–Crippen MR) is 76.9 cm³/mol. The molecule has 0 fully saturated rings. The van der Waals surface area contributed by atoms with E-state index < -0.39 is 10.8 Å². The van der Waals surface area contributed by atoms with Gasteiger partial charge in [-0.05, 0) is 37.3 Å². The molecule has 2 aromatic carbocycles. The maximum atomic E-state index is 12.2. The van der Waals surface area contributed by atoms with Crippen molar-refractivity contribution in [2.75, 3.05) is 5.32 Å². The number of para-hydroxylation sites is 1. The maximum Gasteiger partial charge on any atom is 0.285 e. The highest BCUT2D eigenvalue weighted by Crippen LogP contribution is 2.24. The zero-order chi connectivity index (χ0) is 15.4. The minimum atomic E-state index is -0.566. The first-order chi connectivity index (χ1) is 10.0. The van der Waals surface area contributed by atoms with Crippen molar-refractivity contribution in [3.8, 4) is 6.07 Å². The first-order valence-electron chi connectivity index (χ1n) is 6.08. The first kappa shape index (κ1) is 14.2. The third-order valence-electron chi connectivity index (χ3n) is 2.94. The molecule has 0 aromatic heterocycles. The Hall–Kier alpha value is -3.20. The van der Waals surface area contributed by atoms with E-state index in [9.17, 15) is 14.9 Å². The zero-order valence-electron chi connectivity index (χ0n) is 11.2. The van der Waals surface area contributed by atoms with Gasteiger partial charge in [0.05, 0.1) is 16.6 Å². The van der Waals surface area contributed by atoms with Crippen molar-refractivity contribution in [3.05, 3.63) is 69.3 Å². The van der Waals surface area contributed by atoms with Gasteiger partial charge < -0.3 is 5.32 Å². The normalized spacial score (nSPS) is 9.71. The van der Waals surface area contributed by atoms with Crippen LogP contribution in [0.1, 0.15) is 21.5 Å². The Balaban J connectivity index is 2.30. The van der Waals surface area contributed by atoms with Crippen LogP contribution in [0.15, 0.2) is 42.5 Å². The highest BCUT2D eigenvalue weighted by Gasteiger charge is 2.22. The van der Waals surface area contributed by atoms with Crippen molar-refractivity contribution < 1.29 is 9.72 Å². The molecule has 21 heavy (non-hydrogen) atoms. The summed E-state index contributed by atoms with van der Waals surface area (Å²) >= 11 is 0. The molecule has 0 saturated heterocycles. The second-order valence-corrected chi connectivity index (χ2v) is 4.37. The fourth-order valence-corrected chi connectivity index (χ4v) is 1.91. The van der Waals surface area contributed by atoms with E-state index in [4.69, 9.17) is 5.26 Å². The summed E-state index contributed by atoms with van der Waals surface area (Å²) in [5, 5.41) is 22.4. The van der Waals surface area contributed by atoms with Crippen molar-refractivity contribution in [3.63, 3.8) is 0 Å². The van der Waals surface area contributed by atoms with E-state index in [-0.39, 0.29) is 11.3 Å². The Kier molecular flexibility index (Phi) is 3.95. The summed E-state index contributed by atoms with van der Waals surface area (Å²) in [7, 11) is 0. The molecule has 0 aliphatic heterocycles. The summed E-state index contributed by atoms with van der Waals surface area (Å²) in [6.07, 6.45) is 0. The van der Waals surface area contributed by atoms with Gasteiger partial charge in [-0.25, -0.2) is 0 Å². The summed E-state index contributed by atoms with van der Waals surface area (Å²) in [6, 6.07) is 12.8. The van der Waals surface area contributed by atoms with Crippen LogP contribution in [0.3, 0.4) is 0 Å². The van der Waals surface area contributed by atoms with Crippen LogP contribution in [0.5, 0.6) is 0 Å². The largest absolute Gasteiger partial charge is 0.322 e. The predicted octanol–water partition coefficient (Wildman–Crippen LogP) is 3.03. The number of hydrogen-bond donors (Lipinski definition) is 1. The van der Waals surface area contributed by atoms with E-state index in [1.807, 2.05) is 6.07 Å². The second kappa shape index (κ2) is 5.84. The quantitative estimate of drug-likeness (QED) is 0.690. The molecule has 2 aromatic rings. The van der Waals surface area contributed by atoms with Gasteiger partial charge >= 0.3 is 0 Å². The van der Waals surface area contributed by atoms with Crippen molar-refractivity contribution in [2.24, 2.45) is 0 Å². The third-order valence-corrected chi connectivity index (χ3v) is 2.94. The number of nitro groups is 1. The summed E-state index contributed by atoms with van der Waals surface area (Å²) in [5.74, 6) is -0.560. The number of anilines is 1. The number of benzene rings is 2. The van der Waals surface area contributed by atoms with Crippen molar-refractivity contribution >= 4 is 17.3 Å². The van der Waals surface area contributed by atoms with Gasteiger partial charge in [0, 0.05) is 11.3 Å². The third kappa shape index (κ3) is 3.04. The molecule has 0 saturated carbocycles. The van der Waals surface area contributed by atoms with E-state index in [1.165, 1.54) is 6.07 Å². The first-order valence-corrected chi connectivity index (χ1v) is 6.08. The van der Waals surface area contributed by atoms with Gasteiger partial charge in [0.1, 0.15) is 5.56 Å². The number of nitrogens with one attached hydrogen (secondary N) is 1. The summed E-state index contributed by atoms with van der Waals surface area (Å²) < 4.78 is 0. The molecule has 0 spiro atoms. The van der Waals surface area contributed by atoms with Crippen LogP contribution in [0.25, 0.3) is 0 Å². The van der Waals surface area contributed by atoms with Crippen molar-refractivity contribution in [1.29, 1.82) is 5.26 Å². The monoisotopic (exact) mass is 281 g/mol. The van der Waals surface area contributed by atoms with E-state index in [1.54, 1.807) is 43.3 Å². The molecule has 0 heterocycles. The van der Waals surface area contributed by atoms with E-state index >= 15 is 0 Å². The van der Waals surface area contributed by atoms with Crippen LogP contribution in [0.2, 0.25) is 0 Å². The summed E-state index contributed by atoms with van der Waals surface area (Å²) in [5.41, 5.74) is 1.16. The Bertz CT molecular complexity index is 746. The van der Waals surface area contributed by atoms with Gasteiger partial charge in [-0.1, -0.05) is 12.1 Å². The van der Waals surface area contributed by atoms with Crippen LogP contribution < -0.4 is 5.32 Å². The highest BCUT2D eigenvalue weighted by atomic mass is 16.6. The molecule has 0 bridgehead atoms. The van der Waals surface area contributed by atoms with Gasteiger partial charge in [0.15, 0.2) is 0 Å². The number of nitrogens with zero attached hydrogens (tertiary/aromatic N) is 2. The zero-order valence-corrected chi connectivity index (χ0v) is 11.2. The lowest BCUT2D eigenvalue weighted by atomic mass is 10.1. The number of amides is 1. The van der Waals surface area contributed by atoms with Gasteiger partial charge in [-0.2, -0.15) is 5.26 Å². The van der Waals surface area contributed by atoms with E-state index in [2.05, 4.69) is 5.32 Å². The van der Waals surface area contributed by atoms with Crippen LogP contribution in [0.4, 0.5) is 11.4 Å². The number of carbonyl (C=O) groups is 1. The number of carbonyl (C=O) groups excluding carboxylic acids is 1. The number of nitro benzene ring substituents is 1. The van der Waals surface area contributed by atoms with Crippen LogP contribution in [-0.2, 0) is 0 Å². The Morgan fingerprint density at radius 3 is 2.48 bits per heavy atom. The molecule has 6 nitrogen and oxygen atoms in total. The fourth-order valence-electron chi connectivity index (χ4n) is 1.91. The standard InChI is InChI=1S/C15H11N3O3/c1-10-3-2-4-13(14(10)18(20)21)15(19)17-12-7-5-11(9-16)6-8-12/h2-8H,1H3,(H,17,19). The number of hydrogen-bond acceptors (Lipinski definition) is 4. The average Bonchev–Trinajstić information content (AvgIpc) is 2.47. The van der Waals surface area contributed by atoms with E-state index in [0.717, 1.165) is 0 Å². The lowest BCUT2D eigenvalue weighted by molar-refractivity contribution is -0.385. The minimum absolute atomic E-state index is 0.00404. The number of nitriles is 1. The molecular weight excluding hydrogens is 270 g/mol. The second-order valence-electron chi connectivity index (χ2n) is 4.37. The molecule has 0 atom stereocenters. The molecule has 0 radical (unpaired) electrons. The summed E-state index contributed by atoms with van der Waals surface area (Å²) in [4.78, 5) is 22.7. The molecule has 2 rings (SSSR count). The van der Waals surface area contributed by atoms with Crippen LogP contribution in [0, 0.1) is 28.4 Å². The molecule has 0 aliphatic carbocycles. The Labute approximate surface area is 120 Å². The molecule has 6 heteroatoms. The topological polar surface area (TPSA) is 96.0 Å².